The van der Waals surface area contributed by atoms with Crippen LogP contribution in [-0.2, 0) is 4.79 Å². The van der Waals surface area contributed by atoms with Crippen molar-refractivity contribution in [3.63, 3.8) is 0 Å². The molecule has 0 fully saturated rings. The lowest BCUT2D eigenvalue weighted by molar-refractivity contribution is -0.113. The summed E-state index contributed by atoms with van der Waals surface area (Å²) in [6, 6.07) is 15.1. The molecule has 3 rings (SSSR count). The molecule has 0 spiro atoms. The maximum atomic E-state index is 12.6. The van der Waals surface area contributed by atoms with E-state index in [1.807, 2.05) is 48.5 Å². The highest BCUT2D eigenvalue weighted by Gasteiger charge is 2.30. The Balaban J connectivity index is 2.03. The summed E-state index contributed by atoms with van der Waals surface area (Å²) in [4.78, 5) is 12.6. The Hall–Kier alpha value is -2.86. The first-order valence-corrected chi connectivity index (χ1v) is 10.1. The lowest BCUT2D eigenvalue weighted by Gasteiger charge is -2.31. The van der Waals surface area contributed by atoms with Gasteiger partial charge in [-0.2, -0.15) is 0 Å². The van der Waals surface area contributed by atoms with Gasteiger partial charge in [0.2, 0.25) is 0 Å². The zero-order valence-corrected chi connectivity index (χ0v) is 17.8. The van der Waals surface area contributed by atoms with Gasteiger partial charge in [-0.15, -0.1) is 0 Å². The number of hydrogen-bond acceptors (Lipinski definition) is 4. The van der Waals surface area contributed by atoms with Gasteiger partial charge in [0.25, 0.3) is 0 Å². The largest absolute Gasteiger partial charge is 0.493 e. The van der Waals surface area contributed by atoms with Crippen LogP contribution in [-0.4, -0.2) is 24.6 Å². The van der Waals surface area contributed by atoms with Crippen molar-refractivity contribution in [2.75, 3.05) is 13.7 Å². The number of nitrogens with one attached hydrogen (secondary N) is 2. The van der Waals surface area contributed by atoms with Crippen molar-refractivity contribution in [2.45, 2.75) is 32.7 Å². The molecule has 2 N–H and O–H groups in total. The Morgan fingerprint density at radius 2 is 1.90 bits per heavy atom. The Morgan fingerprint density at radius 3 is 2.55 bits per heavy atom. The molecule has 5 nitrogen and oxygen atoms in total. The summed E-state index contributed by atoms with van der Waals surface area (Å²) in [6.07, 6.45) is 2.04. The van der Waals surface area contributed by atoms with Gasteiger partial charge in [-0.25, -0.2) is 0 Å². The topological polar surface area (TPSA) is 59.6 Å². The fourth-order valence-electron chi connectivity index (χ4n) is 3.34. The number of ketones is 1. The second-order valence-corrected chi connectivity index (χ2v) is 7.26. The molecule has 29 heavy (non-hydrogen) atoms. The van der Waals surface area contributed by atoms with E-state index in [1.165, 1.54) is 0 Å². The molecule has 2 aromatic rings. The monoisotopic (exact) mass is 410 g/mol. The minimum Gasteiger partial charge on any atom is -0.493 e. The second-order valence-electron chi connectivity index (χ2n) is 6.85. The Morgan fingerprint density at radius 1 is 1.14 bits per heavy atom. The Labute approximate surface area is 177 Å². The number of carbonyl (C=O) groups excluding carboxylic acids is 1. The van der Waals surface area contributed by atoms with Crippen LogP contribution in [0, 0.1) is 0 Å². The highest BCUT2D eigenvalue weighted by Crippen LogP contribution is 2.36. The zero-order chi connectivity index (χ0) is 20.8. The highest BCUT2D eigenvalue weighted by molar-refractivity contribution is 7.80. The average Bonchev–Trinajstić information content (AvgIpc) is 2.73. The summed E-state index contributed by atoms with van der Waals surface area (Å²) in [5.41, 5.74) is 3.16. The van der Waals surface area contributed by atoms with Crippen molar-refractivity contribution in [3.8, 4) is 11.5 Å². The molecule has 6 heteroatoms. The number of unbranched alkanes of at least 4 members (excludes halogenated alkanes) is 1. The van der Waals surface area contributed by atoms with Gasteiger partial charge in [-0.1, -0.05) is 49.7 Å². The molecule has 0 bridgehead atoms. The average molecular weight is 411 g/mol. The van der Waals surface area contributed by atoms with Gasteiger partial charge in [0, 0.05) is 5.57 Å². The first kappa shape index (κ1) is 20.9. The normalized spacial score (nSPS) is 16.1. The minimum absolute atomic E-state index is 0.0291. The molecule has 1 heterocycles. The molecule has 0 aliphatic carbocycles. The van der Waals surface area contributed by atoms with Crippen LogP contribution in [0.15, 0.2) is 54.1 Å². The lowest BCUT2D eigenvalue weighted by atomic mass is 9.90. The minimum atomic E-state index is -0.380. The number of benzene rings is 2. The van der Waals surface area contributed by atoms with Gasteiger partial charge < -0.3 is 20.1 Å². The van der Waals surface area contributed by atoms with E-state index in [0.717, 1.165) is 29.7 Å². The predicted molar refractivity (Wildman–Crippen MR) is 119 cm³/mol. The molecule has 0 saturated carbocycles. The predicted octanol–water partition coefficient (Wildman–Crippen LogP) is 4.39. The van der Waals surface area contributed by atoms with Gasteiger partial charge in [0.05, 0.1) is 25.5 Å². The fourth-order valence-corrected chi connectivity index (χ4v) is 3.56. The summed E-state index contributed by atoms with van der Waals surface area (Å²) < 4.78 is 11.4. The van der Waals surface area contributed by atoms with Gasteiger partial charge in [0.15, 0.2) is 22.4 Å². The van der Waals surface area contributed by atoms with Gasteiger partial charge in [-0.3, -0.25) is 4.79 Å². The van der Waals surface area contributed by atoms with Gasteiger partial charge >= 0.3 is 0 Å². The molecule has 0 saturated heterocycles. The SMILES string of the molecule is CCCCOc1ccc(C2NC(=S)NC(c3ccccc3)=C2C(C)=O)cc1OC. The molecule has 152 valence electrons. The number of ether oxygens (including phenoxy) is 2. The van der Waals surface area contributed by atoms with E-state index in [1.54, 1.807) is 14.0 Å². The molecule has 0 aromatic heterocycles. The first-order valence-electron chi connectivity index (χ1n) is 9.74. The van der Waals surface area contributed by atoms with Crippen molar-refractivity contribution in [1.82, 2.24) is 10.6 Å². The molecule has 0 amide bonds. The summed E-state index contributed by atoms with van der Waals surface area (Å²) in [5.74, 6) is 1.30. The molecule has 1 atom stereocenters. The maximum absolute atomic E-state index is 12.6. The maximum Gasteiger partial charge on any atom is 0.171 e. The van der Waals surface area contributed by atoms with Gasteiger partial charge in [-0.05, 0) is 48.8 Å². The third kappa shape index (κ3) is 4.77. The molecule has 1 aliphatic rings. The second kappa shape index (κ2) is 9.56. The molecule has 0 radical (unpaired) electrons. The molecular formula is C23H26N2O3S. The number of methoxy groups -OCH3 is 1. The third-order valence-electron chi connectivity index (χ3n) is 4.79. The van der Waals surface area contributed by atoms with E-state index in [0.29, 0.717) is 28.8 Å². The zero-order valence-electron chi connectivity index (χ0n) is 17.0. The van der Waals surface area contributed by atoms with Crippen LogP contribution in [0.25, 0.3) is 5.70 Å². The van der Waals surface area contributed by atoms with Crippen molar-refractivity contribution < 1.29 is 14.3 Å². The smallest absolute Gasteiger partial charge is 0.171 e. The van der Waals surface area contributed by atoms with Crippen LogP contribution in [0.5, 0.6) is 11.5 Å². The van der Waals surface area contributed by atoms with Crippen molar-refractivity contribution >= 4 is 28.8 Å². The van der Waals surface area contributed by atoms with E-state index in [9.17, 15) is 4.79 Å². The number of Topliss-reactive ketones (excluding diaryl/α,β-unsaturated/α-hetero) is 1. The van der Waals surface area contributed by atoms with Crippen LogP contribution in [0.3, 0.4) is 0 Å². The molecule has 2 aromatic carbocycles. The fraction of sp³-hybridized carbons (Fsp3) is 0.304. The van der Waals surface area contributed by atoms with E-state index in [-0.39, 0.29) is 11.8 Å². The summed E-state index contributed by atoms with van der Waals surface area (Å²) in [5, 5.41) is 6.87. The number of thiocarbonyl (C=S) groups is 1. The standard InChI is InChI=1S/C23H26N2O3S/c1-4-5-13-28-18-12-11-17(14-19(18)27-3)22-20(15(2)26)21(24-23(29)25-22)16-9-7-6-8-10-16/h6-12,14,22H,4-5,13H2,1-3H3,(H2,24,25,29). The van der Waals surface area contributed by atoms with Crippen molar-refractivity contribution in [2.24, 2.45) is 0 Å². The lowest BCUT2D eigenvalue weighted by Crippen LogP contribution is -2.44. The van der Waals surface area contributed by atoms with Crippen LogP contribution in [0.4, 0.5) is 0 Å². The quantitative estimate of drug-likeness (QED) is 0.497. The molecular weight excluding hydrogens is 384 g/mol. The van der Waals surface area contributed by atoms with E-state index in [4.69, 9.17) is 21.7 Å². The first-order chi connectivity index (χ1) is 14.0. The Bertz CT molecular complexity index is 925. The van der Waals surface area contributed by atoms with Crippen LogP contribution >= 0.6 is 12.2 Å². The van der Waals surface area contributed by atoms with Gasteiger partial charge in [0.1, 0.15) is 0 Å². The van der Waals surface area contributed by atoms with E-state index >= 15 is 0 Å². The molecule has 1 unspecified atom stereocenters. The van der Waals surface area contributed by atoms with Crippen molar-refractivity contribution in [1.29, 1.82) is 0 Å². The number of carbonyl (C=O) groups is 1. The summed E-state index contributed by atoms with van der Waals surface area (Å²) >= 11 is 5.43. The number of rotatable bonds is 8. The summed E-state index contributed by atoms with van der Waals surface area (Å²) in [6.45, 7) is 4.33. The highest BCUT2D eigenvalue weighted by atomic mass is 32.1. The van der Waals surface area contributed by atoms with Crippen LogP contribution < -0.4 is 20.1 Å². The number of hydrogen-bond donors (Lipinski definition) is 2. The van der Waals surface area contributed by atoms with Crippen molar-refractivity contribution in [3.05, 3.63) is 65.2 Å². The van der Waals surface area contributed by atoms with Crippen LogP contribution in [0.1, 0.15) is 43.9 Å². The Kier molecular flexibility index (Phi) is 6.88. The van der Waals surface area contributed by atoms with Crippen LogP contribution in [0.2, 0.25) is 0 Å². The van der Waals surface area contributed by atoms with E-state index in [2.05, 4.69) is 17.6 Å². The van der Waals surface area contributed by atoms with E-state index < -0.39 is 0 Å². The third-order valence-corrected chi connectivity index (χ3v) is 5.01. The molecule has 1 aliphatic heterocycles. The summed E-state index contributed by atoms with van der Waals surface area (Å²) in [7, 11) is 1.61.